The Labute approximate surface area is 80.9 Å². The lowest BCUT2D eigenvalue weighted by molar-refractivity contribution is 0.101. The number of rotatable bonds is 2. The molecule has 2 aromatic rings. The maximum atomic E-state index is 11.2. The molecule has 0 aromatic carbocycles. The van der Waals surface area contributed by atoms with Crippen LogP contribution in [0.25, 0.3) is 11.0 Å². The number of hydrogen-bond acceptors (Lipinski definition) is 3. The third kappa shape index (κ3) is 1.25. The largest absolute Gasteiger partial charge is 0.481 e. The molecular weight excluding hydrogens is 180 g/mol. The van der Waals surface area contributed by atoms with Crippen LogP contribution in [0.15, 0.2) is 18.3 Å². The molecule has 72 valence electrons. The molecule has 2 heterocycles. The van der Waals surface area contributed by atoms with E-state index in [1.165, 1.54) is 6.92 Å². The second-order valence-electron chi connectivity index (χ2n) is 3.01. The van der Waals surface area contributed by atoms with Crippen LogP contribution >= 0.6 is 0 Å². The molecule has 2 aromatic heterocycles. The molecule has 0 spiro atoms. The second kappa shape index (κ2) is 3.14. The number of carbonyl (C=O) groups is 1. The molecule has 4 nitrogen and oxygen atoms in total. The van der Waals surface area contributed by atoms with Crippen LogP contribution in [0.5, 0.6) is 5.88 Å². The first-order chi connectivity index (χ1) is 6.72. The zero-order valence-corrected chi connectivity index (χ0v) is 8.00. The van der Waals surface area contributed by atoms with Crippen molar-refractivity contribution in [3.8, 4) is 5.88 Å². The maximum Gasteiger partial charge on any atom is 0.213 e. The number of hydrogen-bond donors (Lipinski definition) is 1. The van der Waals surface area contributed by atoms with Crippen molar-refractivity contribution in [1.82, 2.24) is 9.97 Å². The molecule has 0 bridgehead atoms. The lowest BCUT2D eigenvalue weighted by Crippen LogP contribution is -1.92. The average molecular weight is 190 g/mol. The SMILES string of the molecule is COc1ccc2[nH]cc(C(C)=O)c2n1. The van der Waals surface area contributed by atoms with Crippen LogP contribution in [0, 0.1) is 0 Å². The number of pyridine rings is 1. The molecule has 0 fully saturated rings. The first kappa shape index (κ1) is 8.74. The smallest absolute Gasteiger partial charge is 0.213 e. The molecule has 14 heavy (non-hydrogen) atoms. The summed E-state index contributed by atoms with van der Waals surface area (Å²) < 4.78 is 4.99. The van der Waals surface area contributed by atoms with Gasteiger partial charge in [0, 0.05) is 12.3 Å². The first-order valence-electron chi connectivity index (χ1n) is 4.25. The van der Waals surface area contributed by atoms with Gasteiger partial charge in [0.1, 0.15) is 5.52 Å². The van der Waals surface area contributed by atoms with Gasteiger partial charge in [-0.1, -0.05) is 0 Å². The first-order valence-corrected chi connectivity index (χ1v) is 4.25. The van der Waals surface area contributed by atoms with Crippen molar-refractivity contribution >= 4 is 16.8 Å². The van der Waals surface area contributed by atoms with Crippen LogP contribution in [0.4, 0.5) is 0 Å². The van der Waals surface area contributed by atoms with E-state index in [1.54, 1.807) is 19.4 Å². The van der Waals surface area contributed by atoms with Crippen molar-refractivity contribution in [2.24, 2.45) is 0 Å². The van der Waals surface area contributed by atoms with E-state index in [4.69, 9.17) is 4.74 Å². The number of aromatic nitrogens is 2. The van der Waals surface area contributed by atoms with Gasteiger partial charge >= 0.3 is 0 Å². The predicted molar refractivity (Wildman–Crippen MR) is 52.7 cm³/mol. The van der Waals surface area contributed by atoms with Crippen LogP contribution in [-0.2, 0) is 0 Å². The fraction of sp³-hybridized carbons (Fsp3) is 0.200. The molecule has 0 atom stereocenters. The Morgan fingerprint density at radius 3 is 2.93 bits per heavy atom. The van der Waals surface area contributed by atoms with E-state index in [0.717, 1.165) is 5.52 Å². The van der Waals surface area contributed by atoms with Gasteiger partial charge in [-0.2, -0.15) is 0 Å². The van der Waals surface area contributed by atoms with Gasteiger partial charge in [-0.3, -0.25) is 4.79 Å². The minimum atomic E-state index is -0.00277. The summed E-state index contributed by atoms with van der Waals surface area (Å²) in [6.45, 7) is 1.52. The molecule has 1 N–H and O–H groups in total. The number of fused-ring (bicyclic) bond motifs is 1. The zero-order valence-electron chi connectivity index (χ0n) is 8.00. The summed E-state index contributed by atoms with van der Waals surface area (Å²) in [5.41, 5.74) is 2.10. The Kier molecular flexibility index (Phi) is 1.96. The van der Waals surface area contributed by atoms with Crippen molar-refractivity contribution in [3.63, 3.8) is 0 Å². The third-order valence-corrected chi connectivity index (χ3v) is 2.09. The van der Waals surface area contributed by atoms with E-state index in [0.29, 0.717) is 17.0 Å². The highest BCUT2D eigenvalue weighted by atomic mass is 16.5. The van der Waals surface area contributed by atoms with Crippen LogP contribution in [-0.4, -0.2) is 22.9 Å². The van der Waals surface area contributed by atoms with Crippen molar-refractivity contribution < 1.29 is 9.53 Å². The Balaban J connectivity index is 2.69. The van der Waals surface area contributed by atoms with E-state index in [9.17, 15) is 4.79 Å². The maximum absolute atomic E-state index is 11.2. The second-order valence-corrected chi connectivity index (χ2v) is 3.01. The molecule has 4 heteroatoms. The van der Waals surface area contributed by atoms with Crippen molar-refractivity contribution in [2.75, 3.05) is 7.11 Å². The molecule has 0 aliphatic rings. The van der Waals surface area contributed by atoms with Gasteiger partial charge in [0.15, 0.2) is 5.78 Å². The fourth-order valence-corrected chi connectivity index (χ4v) is 1.36. The molecule has 0 aliphatic carbocycles. The monoisotopic (exact) mass is 190 g/mol. The van der Waals surface area contributed by atoms with Crippen molar-refractivity contribution in [1.29, 1.82) is 0 Å². The van der Waals surface area contributed by atoms with E-state index in [1.807, 2.05) is 6.07 Å². The Morgan fingerprint density at radius 2 is 2.29 bits per heavy atom. The molecule has 0 radical (unpaired) electrons. The topological polar surface area (TPSA) is 55.0 Å². The van der Waals surface area contributed by atoms with Crippen LogP contribution in [0.1, 0.15) is 17.3 Å². The van der Waals surface area contributed by atoms with Gasteiger partial charge in [-0.15, -0.1) is 0 Å². The molecule has 2 rings (SSSR count). The third-order valence-electron chi connectivity index (χ3n) is 2.09. The Bertz CT molecular complexity index is 488. The molecular formula is C10H10N2O2. The number of nitrogens with one attached hydrogen (secondary N) is 1. The molecule has 0 saturated carbocycles. The highest BCUT2D eigenvalue weighted by Crippen LogP contribution is 2.19. The van der Waals surface area contributed by atoms with Gasteiger partial charge in [-0.25, -0.2) is 4.98 Å². The van der Waals surface area contributed by atoms with Gasteiger partial charge in [0.05, 0.1) is 18.2 Å². The number of Topliss-reactive ketones (excluding diaryl/α,β-unsaturated/α-hetero) is 1. The van der Waals surface area contributed by atoms with Gasteiger partial charge in [0.25, 0.3) is 0 Å². The highest BCUT2D eigenvalue weighted by molar-refractivity contribution is 6.05. The highest BCUT2D eigenvalue weighted by Gasteiger charge is 2.09. The van der Waals surface area contributed by atoms with Crippen LogP contribution in [0.3, 0.4) is 0 Å². The lowest BCUT2D eigenvalue weighted by atomic mass is 10.2. The molecule has 0 saturated heterocycles. The number of aromatic amines is 1. The summed E-state index contributed by atoms with van der Waals surface area (Å²) in [5.74, 6) is 0.511. The summed E-state index contributed by atoms with van der Waals surface area (Å²) in [4.78, 5) is 18.4. The number of ketones is 1. The quantitative estimate of drug-likeness (QED) is 0.734. The summed E-state index contributed by atoms with van der Waals surface area (Å²) in [6, 6.07) is 3.59. The average Bonchev–Trinajstić information content (AvgIpc) is 2.59. The summed E-state index contributed by atoms with van der Waals surface area (Å²) in [6.07, 6.45) is 1.67. The summed E-state index contributed by atoms with van der Waals surface area (Å²) in [5, 5.41) is 0. The zero-order chi connectivity index (χ0) is 10.1. The minimum Gasteiger partial charge on any atom is -0.481 e. The summed E-state index contributed by atoms with van der Waals surface area (Å²) in [7, 11) is 1.55. The van der Waals surface area contributed by atoms with E-state index in [-0.39, 0.29) is 5.78 Å². The fourth-order valence-electron chi connectivity index (χ4n) is 1.36. The van der Waals surface area contributed by atoms with Crippen LogP contribution < -0.4 is 4.74 Å². The number of H-pyrrole nitrogens is 1. The summed E-state index contributed by atoms with van der Waals surface area (Å²) >= 11 is 0. The van der Waals surface area contributed by atoms with E-state index >= 15 is 0 Å². The number of methoxy groups -OCH3 is 1. The van der Waals surface area contributed by atoms with Gasteiger partial charge < -0.3 is 9.72 Å². The van der Waals surface area contributed by atoms with Crippen LogP contribution in [0.2, 0.25) is 0 Å². The normalized spacial score (nSPS) is 10.4. The Hall–Kier alpha value is -1.84. The van der Waals surface area contributed by atoms with Crippen molar-refractivity contribution in [3.05, 3.63) is 23.9 Å². The standard InChI is InChI=1S/C10H10N2O2/c1-6(13)7-5-11-8-3-4-9(14-2)12-10(7)8/h3-5,11H,1-2H3. The Morgan fingerprint density at radius 1 is 1.50 bits per heavy atom. The molecule has 0 aliphatic heterocycles. The lowest BCUT2D eigenvalue weighted by Gasteiger charge is -1.98. The predicted octanol–water partition coefficient (Wildman–Crippen LogP) is 1.77. The van der Waals surface area contributed by atoms with E-state index < -0.39 is 0 Å². The molecule has 0 amide bonds. The van der Waals surface area contributed by atoms with Gasteiger partial charge in [0.2, 0.25) is 5.88 Å². The number of ether oxygens (including phenoxy) is 1. The van der Waals surface area contributed by atoms with Gasteiger partial charge in [-0.05, 0) is 13.0 Å². The van der Waals surface area contributed by atoms with E-state index in [2.05, 4.69) is 9.97 Å². The van der Waals surface area contributed by atoms with Crippen molar-refractivity contribution in [2.45, 2.75) is 6.92 Å². The molecule has 0 unspecified atom stereocenters. The minimum absolute atomic E-state index is 0.00277. The number of carbonyl (C=O) groups excluding carboxylic acids is 1. The number of nitrogens with zero attached hydrogens (tertiary/aromatic N) is 1.